The number of piperidine rings is 1. The lowest BCUT2D eigenvalue weighted by Crippen LogP contribution is -2.39. The predicted octanol–water partition coefficient (Wildman–Crippen LogP) is 3.72. The van der Waals surface area contributed by atoms with Crippen LogP contribution in [0.2, 0.25) is 0 Å². The van der Waals surface area contributed by atoms with E-state index in [1.165, 1.54) is 7.11 Å². The smallest absolute Gasteiger partial charge is 0.375 e. The summed E-state index contributed by atoms with van der Waals surface area (Å²) in [4.78, 5) is 17.8. The topological polar surface area (TPSA) is 68.5 Å². The molecule has 9 heteroatoms. The molecule has 1 saturated heterocycles. The summed E-state index contributed by atoms with van der Waals surface area (Å²) in [5.74, 6) is -0.509. The molecule has 27 heavy (non-hydrogen) atoms. The number of hydrogen-bond acceptors (Lipinski definition) is 5. The van der Waals surface area contributed by atoms with Gasteiger partial charge in [0.05, 0.1) is 16.6 Å². The fourth-order valence-electron chi connectivity index (χ4n) is 3.41. The number of methoxy groups -OCH3 is 1. The van der Waals surface area contributed by atoms with Gasteiger partial charge in [0.2, 0.25) is 5.91 Å². The number of hydrogen-bond donors (Lipinski definition) is 0. The molecule has 1 aliphatic heterocycles. The third kappa shape index (κ3) is 3.92. The standard InChI is InChI=1S/C18H22F3N3O3/c1-10(2)13-8-12(18(19,20)21)15-16(23-27-17(15)22-13)11-4-6-24(7-5-11)14(25)9-26-3/h8,10-11H,4-7,9H2,1-3H3. The summed E-state index contributed by atoms with van der Waals surface area (Å²) in [6, 6.07) is 1.09. The van der Waals surface area contributed by atoms with Crippen LogP contribution in [-0.2, 0) is 15.7 Å². The van der Waals surface area contributed by atoms with E-state index in [1.807, 2.05) is 0 Å². The van der Waals surface area contributed by atoms with Gasteiger partial charge in [-0.05, 0) is 24.8 Å². The Balaban J connectivity index is 1.94. The van der Waals surface area contributed by atoms with E-state index in [9.17, 15) is 18.0 Å². The molecule has 0 aliphatic carbocycles. The first-order valence-electron chi connectivity index (χ1n) is 8.86. The Labute approximate surface area is 154 Å². The summed E-state index contributed by atoms with van der Waals surface area (Å²) < 4.78 is 51.0. The highest BCUT2D eigenvalue weighted by molar-refractivity contribution is 5.82. The van der Waals surface area contributed by atoms with Crippen molar-refractivity contribution in [1.82, 2.24) is 15.0 Å². The van der Waals surface area contributed by atoms with Crippen LogP contribution >= 0.6 is 0 Å². The quantitative estimate of drug-likeness (QED) is 0.802. The number of rotatable bonds is 4. The van der Waals surface area contributed by atoms with Gasteiger partial charge in [0.25, 0.3) is 5.71 Å². The number of ether oxygens (including phenoxy) is 1. The second-order valence-electron chi connectivity index (χ2n) is 7.08. The fourth-order valence-corrected chi connectivity index (χ4v) is 3.41. The van der Waals surface area contributed by atoms with E-state index in [1.54, 1.807) is 18.7 Å². The van der Waals surface area contributed by atoms with Crippen molar-refractivity contribution in [3.8, 4) is 0 Å². The lowest BCUT2D eigenvalue weighted by molar-refractivity contribution is -0.136. The second-order valence-corrected chi connectivity index (χ2v) is 7.08. The van der Waals surface area contributed by atoms with Crippen molar-refractivity contribution in [2.45, 2.75) is 44.7 Å². The van der Waals surface area contributed by atoms with Crippen LogP contribution in [0.4, 0.5) is 13.2 Å². The van der Waals surface area contributed by atoms with Gasteiger partial charge in [0.15, 0.2) is 0 Å². The van der Waals surface area contributed by atoms with E-state index in [-0.39, 0.29) is 41.1 Å². The molecule has 6 nitrogen and oxygen atoms in total. The Morgan fingerprint density at radius 2 is 2.04 bits per heavy atom. The van der Waals surface area contributed by atoms with Crippen LogP contribution in [0.25, 0.3) is 11.1 Å². The summed E-state index contributed by atoms with van der Waals surface area (Å²) in [5.41, 5.74) is -0.247. The van der Waals surface area contributed by atoms with E-state index < -0.39 is 11.7 Å². The monoisotopic (exact) mass is 385 g/mol. The normalized spacial score (nSPS) is 16.5. The number of nitrogens with zero attached hydrogens (tertiary/aromatic N) is 3. The molecule has 2 aromatic heterocycles. The van der Waals surface area contributed by atoms with Crippen molar-refractivity contribution in [3.05, 3.63) is 23.0 Å². The van der Waals surface area contributed by atoms with Crippen LogP contribution < -0.4 is 0 Å². The minimum absolute atomic E-state index is 0.00230. The molecule has 0 radical (unpaired) electrons. The number of pyridine rings is 1. The molecule has 3 rings (SSSR count). The minimum Gasteiger partial charge on any atom is -0.375 e. The highest BCUT2D eigenvalue weighted by Crippen LogP contribution is 2.41. The summed E-state index contributed by atoms with van der Waals surface area (Å²) in [6.45, 7) is 4.44. The van der Waals surface area contributed by atoms with Crippen molar-refractivity contribution < 1.29 is 27.2 Å². The van der Waals surface area contributed by atoms with Crippen LogP contribution in [-0.4, -0.2) is 47.8 Å². The average molecular weight is 385 g/mol. The van der Waals surface area contributed by atoms with Crippen molar-refractivity contribution in [2.75, 3.05) is 26.8 Å². The zero-order chi connectivity index (χ0) is 19.8. The number of carbonyl (C=O) groups excluding carboxylic acids is 1. The zero-order valence-electron chi connectivity index (χ0n) is 15.5. The number of fused-ring (bicyclic) bond motifs is 1. The van der Waals surface area contributed by atoms with Crippen molar-refractivity contribution in [1.29, 1.82) is 0 Å². The predicted molar refractivity (Wildman–Crippen MR) is 91.3 cm³/mol. The average Bonchev–Trinajstić information content (AvgIpc) is 3.04. The molecule has 0 N–H and O–H groups in total. The number of aromatic nitrogens is 2. The molecule has 2 aromatic rings. The van der Waals surface area contributed by atoms with Gasteiger partial charge in [-0.2, -0.15) is 13.2 Å². The maximum Gasteiger partial charge on any atom is 0.417 e. The Bertz CT molecular complexity index is 824. The molecule has 0 atom stereocenters. The van der Waals surface area contributed by atoms with E-state index in [0.717, 1.165) is 6.07 Å². The van der Waals surface area contributed by atoms with Crippen molar-refractivity contribution in [3.63, 3.8) is 0 Å². The molecular formula is C18H22F3N3O3. The Kier molecular flexibility index (Phi) is 5.41. The molecule has 3 heterocycles. The molecule has 0 aromatic carbocycles. The van der Waals surface area contributed by atoms with E-state index in [4.69, 9.17) is 9.26 Å². The van der Waals surface area contributed by atoms with Gasteiger partial charge in [0, 0.05) is 31.8 Å². The van der Waals surface area contributed by atoms with Crippen LogP contribution in [0.3, 0.4) is 0 Å². The Morgan fingerprint density at radius 3 is 2.59 bits per heavy atom. The van der Waals surface area contributed by atoms with Crippen LogP contribution in [0.5, 0.6) is 0 Å². The van der Waals surface area contributed by atoms with Gasteiger partial charge >= 0.3 is 6.18 Å². The van der Waals surface area contributed by atoms with Gasteiger partial charge in [-0.25, -0.2) is 4.98 Å². The molecule has 1 amide bonds. The van der Waals surface area contributed by atoms with Crippen LogP contribution in [0.1, 0.15) is 55.5 Å². The Morgan fingerprint density at radius 1 is 1.37 bits per heavy atom. The zero-order valence-corrected chi connectivity index (χ0v) is 15.5. The fraction of sp³-hybridized carbons (Fsp3) is 0.611. The van der Waals surface area contributed by atoms with E-state index >= 15 is 0 Å². The number of halogens is 3. The highest BCUT2D eigenvalue weighted by Gasteiger charge is 2.38. The van der Waals surface area contributed by atoms with Crippen LogP contribution in [0.15, 0.2) is 10.6 Å². The molecule has 0 unspecified atom stereocenters. The summed E-state index contributed by atoms with van der Waals surface area (Å²) >= 11 is 0. The van der Waals surface area contributed by atoms with E-state index in [0.29, 0.717) is 31.6 Å². The molecule has 0 bridgehead atoms. The van der Waals surface area contributed by atoms with Gasteiger partial charge < -0.3 is 14.2 Å². The van der Waals surface area contributed by atoms with Gasteiger partial charge in [0.1, 0.15) is 6.61 Å². The second kappa shape index (κ2) is 7.46. The third-order valence-corrected chi connectivity index (χ3v) is 4.89. The third-order valence-electron chi connectivity index (χ3n) is 4.89. The first kappa shape index (κ1) is 19.6. The van der Waals surface area contributed by atoms with Crippen molar-refractivity contribution in [2.24, 2.45) is 0 Å². The van der Waals surface area contributed by atoms with Gasteiger partial charge in [-0.1, -0.05) is 19.0 Å². The maximum absolute atomic E-state index is 13.7. The van der Waals surface area contributed by atoms with Gasteiger partial charge in [-0.15, -0.1) is 0 Å². The largest absolute Gasteiger partial charge is 0.417 e. The lowest BCUT2D eigenvalue weighted by atomic mass is 9.90. The highest BCUT2D eigenvalue weighted by atomic mass is 19.4. The van der Waals surface area contributed by atoms with Crippen molar-refractivity contribution >= 4 is 17.0 Å². The molecule has 1 aliphatic rings. The SMILES string of the molecule is COCC(=O)N1CCC(c2noc3nc(C(C)C)cc(C(F)(F)F)c23)CC1. The number of alkyl halides is 3. The summed E-state index contributed by atoms with van der Waals surface area (Å²) in [5, 5.41) is 3.87. The van der Waals surface area contributed by atoms with E-state index in [2.05, 4.69) is 10.1 Å². The maximum atomic E-state index is 13.7. The molecule has 0 saturated carbocycles. The molecule has 1 fully saturated rings. The number of amides is 1. The first-order valence-corrected chi connectivity index (χ1v) is 8.86. The first-order chi connectivity index (χ1) is 12.7. The Hall–Kier alpha value is -2.16. The number of likely N-dealkylation sites (tertiary alicyclic amines) is 1. The van der Waals surface area contributed by atoms with Gasteiger partial charge in [-0.3, -0.25) is 4.79 Å². The summed E-state index contributed by atoms with van der Waals surface area (Å²) in [7, 11) is 1.45. The lowest BCUT2D eigenvalue weighted by Gasteiger charge is -2.31. The summed E-state index contributed by atoms with van der Waals surface area (Å²) in [6.07, 6.45) is -3.50. The number of carbonyl (C=O) groups is 1. The molecular weight excluding hydrogens is 363 g/mol. The van der Waals surface area contributed by atoms with Crippen LogP contribution in [0, 0.1) is 0 Å². The molecule has 148 valence electrons. The minimum atomic E-state index is -4.53. The molecule has 0 spiro atoms.